The number of hydrogen-bond acceptors (Lipinski definition) is 5. The van der Waals surface area contributed by atoms with Gasteiger partial charge in [-0.25, -0.2) is 4.79 Å². The lowest BCUT2D eigenvalue weighted by atomic mass is 10.0. The standard InChI is InChI=1S/C23H33N3O5/c1-7-9-10-13-24-21(29)20(17-11-12-18(27)16(3)14-17)26(8-2)19(28)15-25-22(30)31-23(4,5)6/h2,11-12,14,20,27H,7,9-10,13,15H2,1,3-6H3,(H,24,29)(H,25,30). The fraction of sp³-hybridized carbons (Fsp3) is 0.522. The third-order valence-electron chi connectivity index (χ3n) is 4.31. The van der Waals surface area contributed by atoms with Gasteiger partial charge >= 0.3 is 6.09 Å². The first kappa shape index (κ1) is 25.8. The molecule has 1 rings (SSSR count). The molecule has 1 aromatic carbocycles. The Labute approximate surface area is 184 Å². The summed E-state index contributed by atoms with van der Waals surface area (Å²) in [7, 11) is 0. The van der Waals surface area contributed by atoms with Crippen LogP contribution in [0, 0.1) is 19.4 Å². The summed E-state index contributed by atoms with van der Waals surface area (Å²) in [4.78, 5) is 38.5. The molecule has 0 spiro atoms. The number of hydrogen-bond donors (Lipinski definition) is 3. The Balaban J connectivity index is 3.05. The number of benzene rings is 1. The van der Waals surface area contributed by atoms with E-state index in [1.807, 2.05) is 0 Å². The van der Waals surface area contributed by atoms with Crippen molar-refractivity contribution in [1.82, 2.24) is 15.5 Å². The molecule has 0 aromatic heterocycles. The van der Waals surface area contributed by atoms with Crippen molar-refractivity contribution >= 4 is 17.9 Å². The van der Waals surface area contributed by atoms with Crippen molar-refractivity contribution in [3.05, 3.63) is 29.3 Å². The highest BCUT2D eigenvalue weighted by atomic mass is 16.6. The molecule has 0 bridgehead atoms. The average Bonchev–Trinajstić information content (AvgIpc) is 2.68. The maximum atomic E-state index is 13.0. The largest absolute Gasteiger partial charge is 0.508 e. The van der Waals surface area contributed by atoms with Gasteiger partial charge in [-0.05, 0) is 57.4 Å². The van der Waals surface area contributed by atoms with E-state index in [4.69, 9.17) is 11.2 Å². The van der Waals surface area contributed by atoms with E-state index in [-0.39, 0.29) is 5.75 Å². The van der Waals surface area contributed by atoms with Crippen LogP contribution in [0.25, 0.3) is 0 Å². The molecular weight excluding hydrogens is 398 g/mol. The van der Waals surface area contributed by atoms with Crippen molar-refractivity contribution in [2.75, 3.05) is 13.1 Å². The predicted octanol–water partition coefficient (Wildman–Crippen LogP) is 2.99. The first-order chi connectivity index (χ1) is 14.5. The molecule has 1 unspecified atom stereocenters. The van der Waals surface area contributed by atoms with Crippen molar-refractivity contribution < 1.29 is 24.2 Å². The minimum atomic E-state index is -1.11. The minimum Gasteiger partial charge on any atom is -0.508 e. The van der Waals surface area contributed by atoms with E-state index in [0.29, 0.717) is 17.7 Å². The van der Waals surface area contributed by atoms with Gasteiger partial charge in [0.05, 0.1) is 0 Å². The van der Waals surface area contributed by atoms with Gasteiger partial charge in [0, 0.05) is 12.6 Å². The number of unbranched alkanes of at least 4 members (excludes halogenated alkanes) is 2. The number of rotatable bonds is 9. The number of ether oxygens (including phenoxy) is 1. The first-order valence-corrected chi connectivity index (χ1v) is 10.3. The Morgan fingerprint density at radius 1 is 1.23 bits per heavy atom. The predicted molar refractivity (Wildman–Crippen MR) is 118 cm³/mol. The number of terminal acetylenes is 1. The smallest absolute Gasteiger partial charge is 0.408 e. The van der Waals surface area contributed by atoms with Gasteiger partial charge in [-0.15, -0.1) is 0 Å². The molecular formula is C23H33N3O5. The van der Waals surface area contributed by atoms with E-state index in [1.165, 1.54) is 12.1 Å². The van der Waals surface area contributed by atoms with Crippen LogP contribution in [0.3, 0.4) is 0 Å². The fourth-order valence-electron chi connectivity index (χ4n) is 2.79. The third-order valence-corrected chi connectivity index (χ3v) is 4.31. The minimum absolute atomic E-state index is 0.0658. The molecule has 0 fully saturated rings. The number of aromatic hydroxyl groups is 1. The zero-order valence-corrected chi connectivity index (χ0v) is 18.9. The Morgan fingerprint density at radius 2 is 1.90 bits per heavy atom. The summed E-state index contributed by atoms with van der Waals surface area (Å²) in [6.45, 7) is 8.86. The van der Waals surface area contributed by atoms with Crippen LogP contribution >= 0.6 is 0 Å². The summed E-state index contributed by atoms with van der Waals surface area (Å²) in [6, 6.07) is 5.73. The molecule has 31 heavy (non-hydrogen) atoms. The van der Waals surface area contributed by atoms with Crippen molar-refractivity contribution in [3.8, 4) is 18.2 Å². The van der Waals surface area contributed by atoms with Crippen LogP contribution in [0.1, 0.15) is 64.1 Å². The number of carbonyl (C=O) groups excluding carboxylic acids is 3. The summed E-state index contributed by atoms with van der Waals surface area (Å²) >= 11 is 0. The number of phenolic OH excluding ortho intramolecular Hbond substituents is 1. The molecule has 0 saturated carbocycles. The lowest BCUT2D eigenvalue weighted by Crippen LogP contribution is -2.46. The van der Waals surface area contributed by atoms with Crippen LogP contribution in [0.15, 0.2) is 18.2 Å². The molecule has 3 N–H and O–H groups in total. The van der Waals surface area contributed by atoms with Crippen LogP contribution < -0.4 is 10.6 Å². The van der Waals surface area contributed by atoms with Gasteiger partial charge in [0.15, 0.2) is 0 Å². The second-order valence-corrected chi connectivity index (χ2v) is 8.19. The van der Waals surface area contributed by atoms with Crippen LogP contribution in [0.5, 0.6) is 5.75 Å². The van der Waals surface area contributed by atoms with Gasteiger partial charge in [0.25, 0.3) is 5.91 Å². The van der Waals surface area contributed by atoms with Gasteiger partial charge in [-0.2, -0.15) is 0 Å². The zero-order chi connectivity index (χ0) is 23.6. The fourth-order valence-corrected chi connectivity index (χ4v) is 2.79. The molecule has 0 radical (unpaired) electrons. The molecule has 8 nitrogen and oxygen atoms in total. The Kier molecular flexibility index (Phi) is 9.87. The highest BCUT2D eigenvalue weighted by Crippen LogP contribution is 2.26. The molecule has 1 aromatic rings. The first-order valence-electron chi connectivity index (χ1n) is 10.3. The topological polar surface area (TPSA) is 108 Å². The molecule has 0 aliphatic heterocycles. The SMILES string of the molecule is C#CN(C(=O)CNC(=O)OC(C)(C)C)C(C(=O)NCCCCC)c1ccc(O)c(C)c1. The Morgan fingerprint density at radius 3 is 2.45 bits per heavy atom. The van der Waals surface area contributed by atoms with Crippen molar-refractivity contribution in [2.24, 2.45) is 0 Å². The number of nitrogens with one attached hydrogen (secondary N) is 2. The summed E-state index contributed by atoms with van der Waals surface area (Å²) < 4.78 is 5.12. The van der Waals surface area contributed by atoms with Crippen LogP contribution in [-0.2, 0) is 14.3 Å². The van der Waals surface area contributed by atoms with Gasteiger partial charge in [0.1, 0.15) is 23.9 Å². The molecule has 1 atom stereocenters. The van der Waals surface area contributed by atoms with Crippen molar-refractivity contribution in [2.45, 2.75) is 65.5 Å². The molecule has 0 aliphatic carbocycles. The molecule has 0 heterocycles. The summed E-state index contributed by atoms with van der Waals surface area (Å²) in [5, 5.41) is 15.0. The number of carbonyl (C=O) groups is 3. The van der Waals surface area contributed by atoms with E-state index in [9.17, 15) is 19.5 Å². The van der Waals surface area contributed by atoms with Crippen LogP contribution in [-0.4, -0.2) is 46.6 Å². The van der Waals surface area contributed by atoms with Crippen molar-refractivity contribution in [1.29, 1.82) is 0 Å². The third kappa shape index (κ3) is 8.59. The van der Waals surface area contributed by atoms with E-state index in [0.717, 1.165) is 24.2 Å². The zero-order valence-electron chi connectivity index (χ0n) is 18.9. The van der Waals surface area contributed by atoms with Gasteiger partial charge in [-0.1, -0.05) is 32.3 Å². The second-order valence-electron chi connectivity index (χ2n) is 8.19. The lowest BCUT2D eigenvalue weighted by Gasteiger charge is -2.27. The van der Waals surface area contributed by atoms with E-state index in [2.05, 4.69) is 23.6 Å². The molecule has 0 aliphatic rings. The number of nitrogens with zero attached hydrogens (tertiary/aromatic N) is 1. The Bertz CT molecular complexity index is 823. The summed E-state index contributed by atoms with van der Waals surface area (Å²) in [5.41, 5.74) is 0.271. The highest BCUT2D eigenvalue weighted by molar-refractivity contribution is 5.91. The average molecular weight is 432 g/mol. The number of aryl methyl sites for hydroxylation is 1. The van der Waals surface area contributed by atoms with E-state index in [1.54, 1.807) is 33.8 Å². The normalized spacial score (nSPS) is 11.7. The quantitative estimate of drug-likeness (QED) is 0.316. The van der Waals surface area contributed by atoms with Crippen LogP contribution in [0.2, 0.25) is 0 Å². The van der Waals surface area contributed by atoms with Gasteiger partial charge in [-0.3, -0.25) is 14.5 Å². The maximum absolute atomic E-state index is 13.0. The molecule has 0 saturated heterocycles. The highest BCUT2D eigenvalue weighted by Gasteiger charge is 2.31. The van der Waals surface area contributed by atoms with E-state index < -0.39 is 36.1 Å². The number of amides is 3. The molecule has 170 valence electrons. The molecule has 3 amide bonds. The van der Waals surface area contributed by atoms with Crippen molar-refractivity contribution in [3.63, 3.8) is 0 Å². The molecule has 8 heteroatoms. The van der Waals surface area contributed by atoms with Gasteiger partial charge < -0.3 is 20.5 Å². The lowest BCUT2D eigenvalue weighted by molar-refractivity contribution is -0.136. The number of phenols is 1. The maximum Gasteiger partial charge on any atom is 0.408 e. The second kappa shape index (κ2) is 11.8. The monoisotopic (exact) mass is 431 g/mol. The summed E-state index contributed by atoms with van der Waals surface area (Å²) in [5.74, 6) is -1.02. The van der Waals surface area contributed by atoms with Gasteiger partial charge in [0.2, 0.25) is 5.91 Å². The number of alkyl carbamates (subject to hydrolysis) is 1. The Hall–Kier alpha value is -3.21. The van der Waals surface area contributed by atoms with E-state index >= 15 is 0 Å². The summed E-state index contributed by atoms with van der Waals surface area (Å²) in [6.07, 6.45) is 7.58. The van der Waals surface area contributed by atoms with Crippen LogP contribution in [0.4, 0.5) is 4.79 Å².